The number of carbonyl (C=O) groups excluding carboxylic acids is 2. The Kier molecular flexibility index (Phi) is 32.4. The summed E-state index contributed by atoms with van der Waals surface area (Å²) in [6.45, 7) is 4.55. The summed E-state index contributed by atoms with van der Waals surface area (Å²) in [6, 6.07) is 0. The van der Waals surface area contributed by atoms with Gasteiger partial charge in [0.15, 0.2) is 14.1 Å². The standard InChI is InChI=1S/C39H78NO4/c1-5-7-9-11-13-15-17-19-21-23-25-27-29-31-33-35-37-39(42)44-40(3,4)43-38(41)36-34-32-30-28-26-24-22-20-18-16-14-12-10-8-6-2/h5-37H2,1-4H3/q+1. The summed E-state index contributed by atoms with van der Waals surface area (Å²) in [5.41, 5.74) is 0. The first kappa shape index (κ1) is 42.9. The molecule has 0 saturated heterocycles. The van der Waals surface area contributed by atoms with Crippen molar-refractivity contribution in [2.45, 2.75) is 226 Å². The Morgan fingerprint density at radius 2 is 0.523 bits per heavy atom. The number of hydrogen-bond acceptors (Lipinski definition) is 4. The summed E-state index contributed by atoms with van der Waals surface area (Å²) in [5, 5.41) is 0. The van der Waals surface area contributed by atoms with Crippen LogP contribution < -0.4 is 0 Å². The molecule has 0 unspecified atom stereocenters. The summed E-state index contributed by atoms with van der Waals surface area (Å²) in [6.07, 6.45) is 41.3. The lowest BCUT2D eigenvalue weighted by Gasteiger charge is -2.22. The zero-order valence-electron chi connectivity index (χ0n) is 30.4. The Hall–Kier alpha value is -1.10. The maximum absolute atomic E-state index is 12.3. The summed E-state index contributed by atoms with van der Waals surface area (Å²) < 4.78 is 0. The average molecular weight is 625 g/mol. The van der Waals surface area contributed by atoms with Gasteiger partial charge in [-0.15, -0.1) is 0 Å². The van der Waals surface area contributed by atoms with E-state index in [1.165, 1.54) is 173 Å². The van der Waals surface area contributed by atoms with Gasteiger partial charge in [-0.1, -0.05) is 200 Å². The molecule has 0 atom stereocenters. The maximum Gasteiger partial charge on any atom is 0.372 e. The second-order valence-corrected chi connectivity index (χ2v) is 13.9. The largest absolute Gasteiger partial charge is 0.372 e. The van der Waals surface area contributed by atoms with Crippen LogP contribution in [0.3, 0.4) is 0 Å². The number of hydrogen-bond donors (Lipinski definition) is 0. The van der Waals surface area contributed by atoms with Crippen molar-refractivity contribution < 1.29 is 24.1 Å². The first-order valence-corrected chi connectivity index (χ1v) is 19.7. The molecule has 5 nitrogen and oxygen atoms in total. The van der Waals surface area contributed by atoms with Gasteiger partial charge in [0, 0.05) is 4.81 Å². The first-order chi connectivity index (χ1) is 21.4. The van der Waals surface area contributed by atoms with E-state index in [4.69, 9.17) is 9.68 Å². The second kappa shape index (κ2) is 33.3. The number of nitrogens with zero attached hydrogens (tertiary/aromatic N) is 1. The van der Waals surface area contributed by atoms with Crippen LogP contribution in [0.5, 0.6) is 0 Å². The Labute approximate surface area is 275 Å². The van der Waals surface area contributed by atoms with Crippen LogP contribution in [-0.2, 0) is 19.3 Å². The van der Waals surface area contributed by atoms with E-state index in [2.05, 4.69) is 13.8 Å². The van der Waals surface area contributed by atoms with Gasteiger partial charge in [-0.2, -0.15) is 0 Å². The Bertz CT molecular complexity index is 621. The van der Waals surface area contributed by atoms with Gasteiger partial charge in [-0.05, 0) is 12.8 Å². The third-order valence-electron chi connectivity index (χ3n) is 8.86. The van der Waals surface area contributed by atoms with E-state index in [-0.39, 0.29) is 11.9 Å². The van der Waals surface area contributed by atoms with E-state index < -0.39 is 4.81 Å². The molecule has 0 aliphatic carbocycles. The molecular formula is C39H78NO4+. The molecule has 0 spiro atoms. The topological polar surface area (TPSA) is 52.6 Å². The predicted octanol–water partition coefficient (Wildman–Crippen LogP) is 12.9. The minimum atomic E-state index is -0.477. The van der Waals surface area contributed by atoms with Crippen molar-refractivity contribution in [2.75, 3.05) is 14.1 Å². The molecule has 0 aromatic heterocycles. The average Bonchev–Trinajstić information content (AvgIpc) is 2.98. The van der Waals surface area contributed by atoms with Gasteiger partial charge in [0.25, 0.3) is 0 Å². The highest BCUT2D eigenvalue weighted by Crippen LogP contribution is 2.16. The summed E-state index contributed by atoms with van der Waals surface area (Å²) in [7, 11) is 3.21. The van der Waals surface area contributed by atoms with Crippen molar-refractivity contribution in [3.05, 3.63) is 0 Å². The van der Waals surface area contributed by atoms with E-state index in [1.807, 2.05) is 0 Å². The molecule has 0 rings (SSSR count). The second-order valence-electron chi connectivity index (χ2n) is 13.9. The molecule has 0 bridgehead atoms. The van der Waals surface area contributed by atoms with Crippen LogP contribution in [0.15, 0.2) is 0 Å². The first-order valence-electron chi connectivity index (χ1n) is 19.7. The highest BCUT2D eigenvalue weighted by molar-refractivity contribution is 5.69. The van der Waals surface area contributed by atoms with Crippen molar-refractivity contribution >= 4 is 11.9 Å². The molecule has 0 aromatic carbocycles. The van der Waals surface area contributed by atoms with Crippen LogP contribution in [0.2, 0.25) is 0 Å². The summed E-state index contributed by atoms with van der Waals surface area (Å²) >= 11 is 0. The third-order valence-corrected chi connectivity index (χ3v) is 8.86. The lowest BCUT2D eigenvalue weighted by molar-refractivity contribution is -1.20. The molecular weight excluding hydrogens is 546 g/mol. The van der Waals surface area contributed by atoms with Crippen LogP contribution in [0, 0.1) is 0 Å². The van der Waals surface area contributed by atoms with E-state index in [9.17, 15) is 9.59 Å². The monoisotopic (exact) mass is 625 g/mol. The molecule has 0 heterocycles. The Balaban J connectivity index is 3.51. The van der Waals surface area contributed by atoms with E-state index in [0.717, 1.165) is 25.7 Å². The van der Waals surface area contributed by atoms with Gasteiger partial charge >= 0.3 is 11.9 Å². The molecule has 44 heavy (non-hydrogen) atoms. The quantitative estimate of drug-likeness (QED) is 0.0400. The fourth-order valence-electron chi connectivity index (χ4n) is 6.06. The predicted molar refractivity (Wildman–Crippen MR) is 188 cm³/mol. The maximum atomic E-state index is 12.3. The lowest BCUT2D eigenvalue weighted by atomic mass is 10.0. The zero-order chi connectivity index (χ0) is 32.4. The number of rotatable bonds is 35. The van der Waals surface area contributed by atoms with Gasteiger partial charge in [0.05, 0.1) is 12.8 Å². The van der Waals surface area contributed by atoms with Crippen LogP contribution in [0.1, 0.15) is 226 Å². The van der Waals surface area contributed by atoms with Crippen LogP contribution >= 0.6 is 0 Å². The summed E-state index contributed by atoms with van der Waals surface area (Å²) in [5.74, 6) is -0.583. The fourth-order valence-corrected chi connectivity index (χ4v) is 6.06. The third kappa shape index (κ3) is 33.8. The minimum Gasteiger partial charge on any atom is -0.245 e. The van der Waals surface area contributed by atoms with Gasteiger partial charge in [-0.3, -0.25) is 0 Å². The number of quaternary nitrogens is 1. The SMILES string of the molecule is CCCCCCCCCCCCCCCCCCC(=O)O[N+](C)(C)OC(=O)CCCCCCCCCCCCCCCCC. The molecule has 0 aliphatic heterocycles. The van der Waals surface area contributed by atoms with Crippen LogP contribution in [0.25, 0.3) is 0 Å². The summed E-state index contributed by atoms with van der Waals surface area (Å²) in [4.78, 5) is 34.9. The van der Waals surface area contributed by atoms with Crippen LogP contribution in [-0.4, -0.2) is 30.8 Å². The highest BCUT2D eigenvalue weighted by Gasteiger charge is 2.27. The van der Waals surface area contributed by atoms with Crippen molar-refractivity contribution in [1.29, 1.82) is 0 Å². The lowest BCUT2D eigenvalue weighted by Crippen LogP contribution is -2.43. The van der Waals surface area contributed by atoms with E-state index in [0.29, 0.717) is 12.8 Å². The number of carbonyl (C=O) groups is 2. The molecule has 5 heteroatoms. The molecule has 0 aliphatic rings. The molecule has 0 fully saturated rings. The highest BCUT2D eigenvalue weighted by atomic mass is 17.0. The Morgan fingerprint density at radius 1 is 0.341 bits per heavy atom. The van der Waals surface area contributed by atoms with Crippen LogP contribution in [0.4, 0.5) is 0 Å². The smallest absolute Gasteiger partial charge is 0.245 e. The van der Waals surface area contributed by atoms with Crippen molar-refractivity contribution in [1.82, 2.24) is 0 Å². The number of unbranched alkanes of at least 4 members (excludes halogenated alkanes) is 29. The molecule has 0 aromatic rings. The van der Waals surface area contributed by atoms with Crippen molar-refractivity contribution in [3.63, 3.8) is 0 Å². The van der Waals surface area contributed by atoms with Gasteiger partial charge in [0.1, 0.15) is 0 Å². The van der Waals surface area contributed by atoms with Gasteiger partial charge in [0.2, 0.25) is 0 Å². The molecule has 0 amide bonds. The van der Waals surface area contributed by atoms with Crippen molar-refractivity contribution in [3.8, 4) is 0 Å². The molecule has 0 saturated carbocycles. The molecule has 0 radical (unpaired) electrons. The molecule has 0 N–H and O–H groups in total. The minimum absolute atomic E-state index is 0.292. The van der Waals surface area contributed by atoms with Gasteiger partial charge < -0.3 is 0 Å². The van der Waals surface area contributed by atoms with Crippen molar-refractivity contribution in [2.24, 2.45) is 0 Å². The molecule has 262 valence electrons. The zero-order valence-corrected chi connectivity index (χ0v) is 30.4. The fraction of sp³-hybridized carbons (Fsp3) is 0.949. The number of hydroxylamine groups is 4. The van der Waals surface area contributed by atoms with Gasteiger partial charge in [-0.25, -0.2) is 19.3 Å². The normalized spacial score (nSPS) is 11.6. The van der Waals surface area contributed by atoms with E-state index in [1.54, 1.807) is 14.1 Å². The van der Waals surface area contributed by atoms with E-state index >= 15 is 0 Å². The Morgan fingerprint density at radius 3 is 0.727 bits per heavy atom.